The fourth-order valence-corrected chi connectivity index (χ4v) is 1.31. The zero-order valence-corrected chi connectivity index (χ0v) is 10.4. The lowest BCUT2D eigenvalue weighted by Gasteiger charge is -2.05. The van der Waals surface area contributed by atoms with E-state index in [0.717, 1.165) is 6.42 Å². The Bertz CT molecular complexity index is 362. The molecule has 0 unspecified atom stereocenters. The van der Waals surface area contributed by atoms with Gasteiger partial charge in [-0.15, -0.1) is 0 Å². The maximum Gasteiger partial charge on any atom is 0.229 e. The van der Waals surface area contributed by atoms with E-state index in [9.17, 15) is 9.59 Å². The molecule has 0 aromatic carbocycles. The molecule has 0 aliphatic carbocycles. The summed E-state index contributed by atoms with van der Waals surface area (Å²) in [5.41, 5.74) is 0. The van der Waals surface area contributed by atoms with Gasteiger partial charge in [-0.25, -0.2) is 0 Å². The highest BCUT2D eigenvalue weighted by Gasteiger charge is 2.08. The quantitative estimate of drug-likeness (QED) is 0.521. The third-order valence-electron chi connectivity index (χ3n) is 2.21. The van der Waals surface area contributed by atoms with Crippen LogP contribution in [0, 0.1) is 0 Å². The Kier molecular flexibility index (Phi) is 6.56. The number of hydrogen-bond donors (Lipinski definition) is 2. The second kappa shape index (κ2) is 8.30. The van der Waals surface area contributed by atoms with Crippen molar-refractivity contribution in [1.29, 1.82) is 0 Å². The van der Waals surface area contributed by atoms with Crippen molar-refractivity contribution >= 4 is 11.8 Å². The molecule has 6 nitrogen and oxygen atoms in total. The maximum absolute atomic E-state index is 11.4. The van der Waals surface area contributed by atoms with E-state index in [1.807, 2.05) is 0 Å². The Balaban J connectivity index is 2.09. The summed E-state index contributed by atoms with van der Waals surface area (Å²) >= 11 is 0. The monoisotopic (exact) mass is 254 g/mol. The number of rotatable bonds is 8. The van der Waals surface area contributed by atoms with E-state index in [0.29, 0.717) is 25.5 Å². The van der Waals surface area contributed by atoms with Crippen molar-refractivity contribution in [3.05, 3.63) is 24.2 Å². The van der Waals surface area contributed by atoms with Gasteiger partial charge in [-0.2, -0.15) is 0 Å². The highest BCUT2D eigenvalue weighted by atomic mass is 16.5. The molecule has 6 heteroatoms. The van der Waals surface area contributed by atoms with Crippen LogP contribution in [0.4, 0.5) is 0 Å². The zero-order valence-electron chi connectivity index (χ0n) is 10.4. The molecule has 1 aromatic heterocycles. The Labute approximate surface area is 106 Å². The largest absolute Gasteiger partial charge is 0.467 e. The normalized spacial score (nSPS) is 10.1. The van der Waals surface area contributed by atoms with Crippen LogP contribution in [0.25, 0.3) is 0 Å². The van der Waals surface area contributed by atoms with E-state index in [1.165, 1.54) is 6.26 Å². The average molecular weight is 254 g/mol. The SMILES string of the molecule is COCCCNC(=O)CC(=O)NCc1ccco1. The first-order valence-corrected chi connectivity index (χ1v) is 5.77. The minimum Gasteiger partial charge on any atom is -0.467 e. The lowest BCUT2D eigenvalue weighted by molar-refractivity contribution is -0.129. The summed E-state index contributed by atoms with van der Waals surface area (Å²) in [5.74, 6) is 0.0440. The zero-order chi connectivity index (χ0) is 13.2. The van der Waals surface area contributed by atoms with Crippen molar-refractivity contribution in [2.75, 3.05) is 20.3 Å². The average Bonchev–Trinajstić information content (AvgIpc) is 2.85. The smallest absolute Gasteiger partial charge is 0.229 e. The van der Waals surface area contributed by atoms with Crippen LogP contribution in [0.15, 0.2) is 22.8 Å². The van der Waals surface area contributed by atoms with Crippen molar-refractivity contribution in [2.24, 2.45) is 0 Å². The molecule has 1 aromatic rings. The minimum atomic E-state index is -0.323. The van der Waals surface area contributed by atoms with E-state index >= 15 is 0 Å². The lowest BCUT2D eigenvalue weighted by atomic mass is 10.3. The van der Waals surface area contributed by atoms with Crippen LogP contribution in [0.5, 0.6) is 0 Å². The molecule has 1 rings (SSSR count). The second-order valence-corrected chi connectivity index (χ2v) is 3.73. The molecule has 0 fully saturated rings. The molecule has 0 bridgehead atoms. The van der Waals surface area contributed by atoms with Gasteiger partial charge in [0, 0.05) is 20.3 Å². The summed E-state index contributed by atoms with van der Waals surface area (Å²) in [4.78, 5) is 22.7. The van der Waals surface area contributed by atoms with Crippen LogP contribution in [0.3, 0.4) is 0 Å². The summed E-state index contributed by atoms with van der Waals surface area (Å²) in [6, 6.07) is 3.50. The number of carbonyl (C=O) groups is 2. The number of amides is 2. The first-order chi connectivity index (χ1) is 8.72. The number of hydrogen-bond acceptors (Lipinski definition) is 4. The number of ether oxygens (including phenoxy) is 1. The molecular formula is C12H18N2O4. The predicted octanol–water partition coefficient (Wildman–Crippen LogP) is 0.439. The summed E-state index contributed by atoms with van der Waals surface area (Å²) in [6.07, 6.45) is 2.09. The molecule has 0 aliphatic rings. The Morgan fingerprint density at radius 2 is 2.11 bits per heavy atom. The van der Waals surface area contributed by atoms with Gasteiger partial charge in [0.05, 0.1) is 12.8 Å². The van der Waals surface area contributed by atoms with Crippen LogP contribution in [0.1, 0.15) is 18.6 Å². The van der Waals surface area contributed by atoms with Gasteiger partial charge in [0.1, 0.15) is 12.2 Å². The van der Waals surface area contributed by atoms with E-state index in [2.05, 4.69) is 10.6 Å². The third kappa shape index (κ3) is 6.05. The van der Waals surface area contributed by atoms with E-state index in [-0.39, 0.29) is 18.2 Å². The van der Waals surface area contributed by atoms with Crippen molar-refractivity contribution in [3.8, 4) is 0 Å². The highest BCUT2D eigenvalue weighted by Crippen LogP contribution is 1.98. The van der Waals surface area contributed by atoms with Crippen LogP contribution < -0.4 is 10.6 Å². The summed E-state index contributed by atoms with van der Waals surface area (Å²) < 4.78 is 9.90. The molecule has 0 saturated carbocycles. The van der Waals surface area contributed by atoms with E-state index in [4.69, 9.17) is 9.15 Å². The number of furan rings is 1. The summed E-state index contributed by atoms with van der Waals surface area (Å²) in [6.45, 7) is 1.39. The summed E-state index contributed by atoms with van der Waals surface area (Å²) in [5, 5.41) is 5.24. The lowest BCUT2D eigenvalue weighted by Crippen LogP contribution is -2.32. The molecule has 2 amide bonds. The Hall–Kier alpha value is -1.82. The molecule has 100 valence electrons. The molecule has 0 saturated heterocycles. The molecule has 1 heterocycles. The minimum absolute atomic E-state index is 0.173. The molecule has 0 spiro atoms. The third-order valence-corrected chi connectivity index (χ3v) is 2.21. The van der Waals surface area contributed by atoms with Gasteiger partial charge in [0.2, 0.25) is 11.8 Å². The van der Waals surface area contributed by atoms with Crippen molar-refractivity contribution in [3.63, 3.8) is 0 Å². The number of nitrogens with one attached hydrogen (secondary N) is 2. The topological polar surface area (TPSA) is 80.6 Å². The fourth-order valence-electron chi connectivity index (χ4n) is 1.31. The van der Waals surface area contributed by atoms with Gasteiger partial charge in [0.15, 0.2) is 0 Å². The van der Waals surface area contributed by atoms with E-state index in [1.54, 1.807) is 19.2 Å². The first kappa shape index (κ1) is 14.2. The van der Waals surface area contributed by atoms with Gasteiger partial charge in [-0.3, -0.25) is 9.59 Å². The van der Waals surface area contributed by atoms with Gasteiger partial charge in [0.25, 0.3) is 0 Å². The number of carbonyl (C=O) groups excluding carboxylic acids is 2. The molecule has 0 atom stereocenters. The van der Waals surface area contributed by atoms with Gasteiger partial charge >= 0.3 is 0 Å². The molecule has 2 N–H and O–H groups in total. The van der Waals surface area contributed by atoms with Crippen LogP contribution in [-0.2, 0) is 20.9 Å². The first-order valence-electron chi connectivity index (χ1n) is 5.77. The second-order valence-electron chi connectivity index (χ2n) is 3.73. The standard InChI is InChI=1S/C12H18N2O4/c1-17-6-3-5-13-11(15)8-12(16)14-9-10-4-2-7-18-10/h2,4,7H,3,5-6,8-9H2,1H3,(H,13,15)(H,14,16). The fraction of sp³-hybridized carbons (Fsp3) is 0.500. The number of methoxy groups -OCH3 is 1. The van der Waals surface area contributed by atoms with E-state index < -0.39 is 0 Å². The van der Waals surface area contributed by atoms with Crippen molar-refractivity contribution in [2.45, 2.75) is 19.4 Å². The van der Waals surface area contributed by atoms with Crippen LogP contribution >= 0.6 is 0 Å². The van der Waals surface area contributed by atoms with Gasteiger partial charge in [-0.1, -0.05) is 0 Å². The molecule has 0 aliphatic heterocycles. The van der Waals surface area contributed by atoms with Crippen molar-refractivity contribution in [1.82, 2.24) is 10.6 Å². The Morgan fingerprint density at radius 3 is 2.78 bits per heavy atom. The molecule has 0 radical (unpaired) electrons. The highest BCUT2D eigenvalue weighted by molar-refractivity contribution is 5.96. The maximum atomic E-state index is 11.4. The predicted molar refractivity (Wildman–Crippen MR) is 64.7 cm³/mol. The van der Waals surface area contributed by atoms with Crippen LogP contribution in [0.2, 0.25) is 0 Å². The molecule has 18 heavy (non-hydrogen) atoms. The van der Waals surface area contributed by atoms with Crippen LogP contribution in [-0.4, -0.2) is 32.1 Å². The Morgan fingerprint density at radius 1 is 1.33 bits per heavy atom. The molecular weight excluding hydrogens is 236 g/mol. The summed E-state index contributed by atoms with van der Waals surface area (Å²) in [7, 11) is 1.60. The van der Waals surface area contributed by atoms with Gasteiger partial charge < -0.3 is 19.8 Å². The van der Waals surface area contributed by atoms with Crippen molar-refractivity contribution < 1.29 is 18.7 Å². The van der Waals surface area contributed by atoms with Gasteiger partial charge in [-0.05, 0) is 18.6 Å².